The van der Waals surface area contributed by atoms with E-state index in [1.54, 1.807) is 18.2 Å². The summed E-state index contributed by atoms with van der Waals surface area (Å²) in [4.78, 5) is 19.0. The van der Waals surface area contributed by atoms with Crippen LogP contribution >= 0.6 is 11.8 Å². The van der Waals surface area contributed by atoms with Crippen LogP contribution in [0.4, 0.5) is 4.39 Å². The van der Waals surface area contributed by atoms with Gasteiger partial charge in [0, 0.05) is 13.1 Å². The normalized spacial score (nSPS) is 21.6. The molecule has 2 aliphatic rings. The number of aliphatic imine (C=N–C) groups is 1. The maximum absolute atomic E-state index is 12.9. The zero-order valence-electron chi connectivity index (χ0n) is 11.7. The molecule has 0 N–H and O–H groups in total. The van der Waals surface area contributed by atoms with Crippen LogP contribution in [-0.2, 0) is 4.79 Å². The van der Waals surface area contributed by atoms with Crippen LogP contribution in [0.2, 0.25) is 0 Å². The molecule has 0 radical (unpaired) electrons. The van der Waals surface area contributed by atoms with Gasteiger partial charge in [0.25, 0.3) is 5.91 Å². The van der Waals surface area contributed by atoms with Crippen LogP contribution in [0, 0.1) is 5.82 Å². The number of likely N-dealkylation sites (tertiary alicyclic amines) is 1. The molecule has 1 aromatic rings. The van der Waals surface area contributed by atoms with Crippen LogP contribution in [0.3, 0.4) is 0 Å². The predicted molar refractivity (Wildman–Crippen MR) is 84.5 cm³/mol. The monoisotopic (exact) mass is 304 g/mol. The van der Waals surface area contributed by atoms with Gasteiger partial charge in [0.05, 0.1) is 4.91 Å². The minimum absolute atomic E-state index is 0.191. The first-order chi connectivity index (χ1) is 10.2. The van der Waals surface area contributed by atoms with E-state index in [0.29, 0.717) is 4.91 Å². The fourth-order valence-electron chi connectivity index (χ4n) is 2.51. The van der Waals surface area contributed by atoms with E-state index in [9.17, 15) is 9.18 Å². The van der Waals surface area contributed by atoms with Gasteiger partial charge in [-0.2, -0.15) is 4.99 Å². The third kappa shape index (κ3) is 3.53. The Hall–Kier alpha value is -1.62. The van der Waals surface area contributed by atoms with E-state index < -0.39 is 0 Å². The van der Waals surface area contributed by atoms with E-state index in [0.717, 1.165) is 36.7 Å². The third-order valence-corrected chi connectivity index (χ3v) is 4.70. The summed E-state index contributed by atoms with van der Waals surface area (Å²) in [7, 11) is 0. The van der Waals surface area contributed by atoms with Gasteiger partial charge in [-0.1, -0.05) is 25.0 Å². The van der Waals surface area contributed by atoms with Gasteiger partial charge in [-0.05, 0) is 48.4 Å². The zero-order chi connectivity index (χ0) is 14.7. The maximum atomic E-state index is 12.9. The molecule has 2 heterocycles. The fourth-order valence-corrected chi connectivity index (χ4v) is 3.47. The van der Waals surface area contributed by atoms with Gasteiger partial charge in [-0.25, -0.2) is 4.39 Å². The highest BCUT2D eigenvalue weighted by Crippen LogP contribution is 2.31. The Morgan fingerprint density at radius 1 is 1.10 bits per heavy atom. The highest BCUT2D eigenvalue weighted by Gasteiger charge is 2.26. The van der Waals surface area contributed by atoms with E-state index in [4.69, 9.17) is 0 Å². The molecule has 0 atom stereocenters. The number of carbonyl (C=O) groups is 1. The quantitative estimate of drug-likeness (QED) is 0.742. The SMILES string of the molecule is O=C1N=C(N2CCCCCC2)S/C1=C/c1ccc(F)cc1. The van der Waals surface area contributed by atoms with Gasteiger partial charge in [0.1, 0.15) is 5.82 Å². The second kappa shape index (κ2) is 6.43. The van der Waals surface area contributed by atoms with Crippen molar-refractivity contribution in [2.75, 3.05) is 13.1 Å². The number of amidine groups is 1. The number of carbonyl (C=O) groups excluding carboxylic acids is 1. The molecule has 3 nitrogen and oxygen atoms in total. The fraction of sp³-hybridized carbons (Fsp3) is 0.375. The molecule has 1 aromatic carbocycles. The van der Waals surface area contributed by atoms with Crippen molar-refractivity contribution in [1.82, 2.24) is 4.90 Å². The molecule has 1 fully saturated rings. The van der Waals surface area contributed by atoms with Gasteiger partial charge < -0.3 is 4.90 Å². The molecule has 3 rings (SSSR count). The Morgan fingerprint density at radius 3 is 2.43 bits per heavy atom. The van der Waals surface area contributed by atoms with E-state index in [-0.39, 0.29) is 11.7 Å². The highest BCUT2D eigenvalue weighted by molar-refractivity contribution is 8.18. The van der Waals surface area contributed by atoms with Crippen LogP contribution in [0.5, 0.6) is 0 Å². The Kier molecular flexibility index (Phi) is 4.39. The summed E-state index contributed by atoms with van der Waals surface area (Å²) in [6.07, 6.45) is 6.59. The second-order valence-electron chi connectivity index (χ2n) is 5.26. The van der Waals surface area contributed by atoms with Gasteiger partial charge in [0.2, 0.25) is 0 Å². The van der Waals surface area contributed by atoms with Crippen molar-refractivity contribution in [3.63, 3.8) is 0 Å². The lowest BCUT2D eigenvalue weighted by Crippen LogP contribution is -2.28. The van der Waals surface area contributed by atoms with Crippen LogP contribution in [-0.4, -0.2) is 29.1 Å². The first-order valence-corrected chi connectivity index (χ1v) is 8.07. The summed E-state index contributed by atoms with van der Waals surface area (Å²) in [5.41, 5.74) is 0.819. The molecule has 0 unspecified atom stereocenters. The number of halogens is 1. The molecule has 110 valence electrons. The number of hydrogen-bond donors (Lipinski definition) is 0. The molecule has 0 aliphatic carbocycles. The molecular formula is C16H17FN2OS. The summed E-state index contributed by atoms with van der Waals surface area (Å²) >= 11 is 1.43. The predicted octanol–water partition coefficient (Wildman–Crippen LogP) is 3.67. The molecule has 5 heteroatoms. The lowest BCUT2D eigenvalue weighted by atomic mass is 10.2. The first-order valence-electron chi connectivity index (χ1n) is 7.25. The number of thioether (sulfide) groups is 1. The Morgan fingerprint density at radius 2 is 1.76 bits per heavy atom. The van der Waals surface area contributed by atoms with Crippen LogP contribution in [0.25, 0.3) is 6.08 Å². The minimum Gasteiger partial charge on any atom is -0.351 e. The van der Waals surface area contributed by atoms with Crippen molar-refractivity contribution in [1.29, 1.82) is 0 Å². The minimum atomic E-state index is -0.274. The van der Waals surface area contributed by atoms with Gasteiger partial charge in [-0.3, -0.25) is 4.79 Å². The second-order valence-corrected chi connectivity index (χ2v) is 6.27. The van der Waals surface area contributed by atoms with Gasteiger partial charge in [-0.15, -0.1) is 0 Å². The van der Waals surface area contributed by atoms with Crippen molar-refractivity contribution in [3.05, 3.63) is 40.6 Å². The van der Waals surface area contributed by atoms with E-state index >= 15 is 0 Å². The number of rotatable bonds is 1. The maximum Gasteiger partial charge on any atom is 0.286 e. The zero-order valence-corrected chi connectivity index (χ0v) is 12.5. The molecule has 0 bridgehead atoms. The summed E-state index contributed by atoms with van der Waals surface area (Å²) < 4.78 is 12.9. The first kappa shape index (κ1) is 14.3. The number of amides is 1. The number of benzene rings is 1. The molecule has 0 spiro atoms. The Balaban J connectivity index is 1.73. The summed E-state index contributed by atoms with van der Waals surface area (Å²) in [6.45, 7) is 1.95. The lowest BCUT2D eigenvalue weighted by Gasteiger charge is -2.20. The molecule has 0 aromatic heterocycles. The Labute approximate surface area is 127 Å². The summed E-state index contributed by atoms with van der Waals surface area (Å²) in [5, 5.41) is 0.815. The average Bonchev–Trinajstić information content (AvgIpc) is 2.69. The van der Waals surface area contributed by atoms with Crippen LogP contribution in [0.1, 0.15) is 31.2 Å². The number of nitrogens with zero attached hydrogens (tertiary/aromatic N) is 2. The van der Waals surface area contributed by atoms with Crippen LogP contribution in [0.15, 0.2) is 34.2 Å². The molecule has 0 saturated carbocycles. The van der Waals surface area contributed by atoms with Crippen molar-refractivity contribution < 1.29 is 9.18 Å². The van der Waals surface area contributed by atoms with Crippen molar-refractivity contribution in [2.45, 2.75) is 25.7 Å². The topological polar surface area (TPSA) is 32.7 Å². The van der Waals surface area contributed by atoms with Crippen molar-refractivity contribution >= 4 is 28.9 Å². The largest absolute Gasteiger partial charge is 0.351 e. The summed E-state index contributed by atoms with van der Waals surface area (Å²) in [6, 6.07) is 6.13. The van der Waals surface area contributed by atoms with Gasteiger partial charge in [0.15, 0.2) is 5.17 Å². The van der Waals surface area contributed by atoms with Crippen molar-refractivity contribution in [3.8, 4) is 0 Å². The number of hydrogen-bond acceptors (Lipinski definition) is 3. The highest BCUT2D eigenvalue weighted by atomic mass is 32.2. The van der Waals surface area contributed by atoms with E-state index in [1.165, 1.54) is 36.7 Å². The van der Waals surface area contributed by atoms with E-state index in [1.807, 2.05) is 0 Å². The Bertz CT molecular complexity index is 587. The van der Waals surface area contributed by atoms with Gasteiger partial charge >= 0.3 is 0 Å². The smallest absolute Gasteiger partial charge is 0.286 e. The molecule has 1 saturated heterocycles. The molecule has 21 heavy (non-hydrogen) atoms. The van der Waals surface area contributed by atoms with E-state index in [2.05, 4.69) is 9.89 Å². The summed E-state index contributed by atoms with van der Waals surface area (Å²) in [5.74, 6) is -0.465. The molecule has 1 amide bonds. The molecule has 2 aliphatic heterocycles. The lowest BCUT2D eigenvalue weighted by molar-refractivity contribution is -0.113. The van der Waals surface area contributed by atoms with Crippen LogP contribution < -0.4 is 0 Å². The standard InChI is InChI=1S/C16H17FN2OS/c17-13-7-5-12(6-8-13)11-14-15(20)18-16(21-14)19-9-3-1-2-4-10-19/h5-8,11H,1-4,9-10H2/b14-11+. The average molecular weight is 304 g/mol. The molecular weight excluding hydrogens is 287 g/mol. The van der Waals surface area contributed by atoms with Crippen molar-refractivity contribution in [2.24, 2.45) is 4.99 Å². The third-order valence-electron chi connectivity index (χ3n) is 3.65.